The van der Waals surface area contributed by atoms with E-state index in [0.29, 0.717) is 0 Å². The Morgan fingerprint density at radius 3 is 2.53 bits per heavy atom. The third-order valence-corrected chi connectivity index (χ3v) is 1.64. The van der Waals surface area contributed by atoms with Crippen molar-refractivity contribution in [3.63, 3.8) is 0 Å². The number of amides is 2. The number of rotatable bonds is 3. The second-order valence-electron chi connectivity index (χ2n) is 3.06. The molecule has 6 heteroatoms. The lowest BCUT2D eigenvalue weighted by Gasteiger charge is -2.16. The Kier molecular flexibility index (Phi) is 5.50. The standard InChI is InChI=1S/C9H12N4O2/c1-7(5-11)6-13(2)9(15)8(14)12-4-3-10/h7H,4,6H2,1-2H3,(H,12,14). The molecule has 2 amide bonds. The third kappa shape index (κ3) is 4.63. The van der Waals surface area contributed by atoms with Crippen LogP contribution < -0.4 is 5.32 Å². The van der Waals surface area contributed by atoms with Crippen LogP contribution in [-0.2, 0) is 9.59 Å². The molecule has 1 unspecified atom stereocenters. The molecule has 0 aromatic rings. The van der Waals surface area contributed by atoms with Crippen molar-refractivity contribution in [3.05, 3.63) is 0 Å². The lowest BCUT2D eigenvalue weighted by Crippen LogP contribution is -2.42. The zero-order valence-electron chi connectivity index (χ0n) is 8.65. The van der Waals surface area contributed by atoms with Crippen molar-refractivity contribution in [1.29, 1.82) is 10.5 Å². The van der Waals surface area contributed by atoms with Gasteiger partial charge in [0, 0.05) is 13.6 Å². The first-order chi connectivity index (χ1) is 7.02. The summed E-state index contributed by atoms with van der Waals surface area (Å²) in [6.07, 6.45) is 0. The van der Waals surface area contributed by atoms with Crippen LogP contribution in [0, 0.1) is 28.6 Å². The van der Waals surface area contributed by atoms with E-state index in [1.807, 2.05) is 6.07 Å². The van der Waals surface area contributed by atoms with E-state index in [1.54, 1.807) is 13.0 Å². The molecule has 0 saturated carbocycles. The number of nitrogens with one attached hydrogen (secondary N) is 1. The smallest absolute Gasteiger partial charge is 0.311 e. The maximum atomic E-state index is 11.3. The lowest BCUT2D eigenvalue weighted by atomic mass is 10.2. The lowest BCUT2D eigenvalue weighted by molar-refractivity contribution is -0.145. The van der Waals surface area contributed by atoms with Gasteiger partial charge in [-0.05, 0) is 6.92 Å². The van der Waals surface area contributed by atoms with Crippen molar-refractivity contribution in [2.24, 2.45) is 5.92 Å². The molecular formula is C9H12N4O2. The van der Waals surface area contributed by atoms with Crippen LogP contribution in [0.3, 0.4) is 0 Å². The van der Waals surface area contributed by atoms with Crippen molar-refractivity contribution < 1.29 is 9.59 Å². The Labute approximate surface area is 88.1 Å². The van der Waals surface area contributed by atoms with Crippen LogP contribution in [0.25, 0.3) is 0 Å². The summed E-state index contributed by atoms with van der Waals surface area (Å²) in [5.41, 5.74) is 0. The van der Waals surface area contributed by atoms with Gasteiger partial charge in [0.2, 0.25) is 0 Å². The van der Waals surface area contributed by atoms with Gasteiger partial charge in [0.05, 0.1) is 18.1 Å². The molecular weight excluding hydrogens is 196 g/mol. The summed E-state index contributed by atoms with van der Waals surface area (Å²) in [5, 5.41) is 18.8. The minimum atomic E-state index is -0.829. The Balaban J connectivity index is 4.16. The van der Waals surface area contributed by atoms with Crippen molar-refractivity contribution in [2.45, 2.75) is 6.92 Å². The van der Waals surface area contributed by atoms with Crippen LogP contribution in [0.2, 0.25) is 0 Å². The van der Waals surface area contributed by atoms with Gasteiger partial charge in [0.25, 0.3) is 0 Å². The molecule has 0 saturated heterocycles. The predicted molar refractivity (Wildman–Crippen MR) is 51.0 cm³/mol. The molecule has 0 aliphatic rings. The number of carbonyl (C=O) groups is 2. The molecule has 0 aromatic heterocycles. The first-order valence-corrected chi connectivity index (χ1v) is 4.32. The first-order valence-electron chi connectivity index (χ1n) is 4.32. The molecule has 0 fully saturated rings. The van der Waals surface area contributed by atoms with E-state index in [4.69, 9.17) is 10.5 Å². The van der Waals surface area contributed by atoms with Gasteiger partial charge in [-0.15, -0.1) is 0 Å². The summed E-state index contributed by atoms with van der Waals surface area (Å²) < 4.78 is 0. The molecule has 80 valence electrons. The van der Waals surface area contributed by atoms with Crippen molar-refractivity contribution in [2.75, 3.05) is 20.1 Å². The van der Waals surface area contributed by atoms with E-state index in [0.717, 1.165) is 4.90 Å². The van der Waals surface area contributed by atoms with Crippen LogP contribution in [0.15, 0.2) is 0 Å². The van der Waals surface area contributed by atoms with E-state index >= 15 is 0 Å². The largest absolute Gasteiger partial charge is 0.336 e. The third-order valence-electron chi connectivity index (χ3n) is 1.64. The van der Waals surface area contributed by atoms with Crippen LogP contribution in [-0.4, -0.2) is 36.9 Å². The van der Waals surface area contributed by atoms with Gasteiger partial charge in [0.15, 0.2) is 0 Å². The predicted octanol–water partition coefficient (Wildman–Crippen LogP) is -0.756. The van der Waals surface area contributed by atoms with Gasteiger partial charge >= 0.3 is 11.8 Å². The summed E-state index contributed by atoms with van der Waals surface area (Å²) in [6, 6.07) is 3.64. The summed E-state index contributed by atoms with van der Waals surface area (Å²) in [5.74, 6) is -1.90. The van der Waals surface area contributed by atoms with E-state index in [1.165, 1.54) is 7.05 Å². The van der Waals surface area contributed by atoms with Crippen LogP contribution >= 0.6 is 0 Å². The molecule has 6 nitrogen and oxygen atoms in total. The van der Waals surface area contributed by atoms with Gasteiger partial charge in [-0.3, -0.25) is 9.59 Å². The Morgan fingerprint density at radius 1 is 1.47 bits per heavy atom. The SMILES string of the molecule is CC(C#N)CN(C)C(=O)C(=O)NCC#N. The van der Waals surface area contributed by atoms with Crippen molar-refractivity contribution in [3.8, 4) is 12.1 Å². The zero-order valence-corrected chi connectivity index (χ0v) is 8.65. The number of likely N-dealkylation sites (N-methyl/N-ethyl adjacent to an activating group) is 1. The highest BCUT2D eigenvalue weighted by Gasteiger charge is 2.19. The zero-order chi connectivity index (χ0) is 11.8. The quantitative estimate of drug-likeness (QED) is 0.487. The summed E-state index contributed by atoms with van der Waals surface area (Å²) in [7, 11) is 1.43. The van der Waals surface area contributed by atoms with Gasteiger partial charge in [-0.2, -0.15) is 10.5 Å². The second-order valence-corrected chi connectivity index (χ2v) is 3.06. The van der Waals surface area contributed by atoms with Gasteiger partial charge < -0.3 is 10.2 Å². The Bertz CT molecular complexity index is 326. The molecule has 0 spiro atoms. The van der Waals surface area contributed by atoms with Crippen LogP contribution in [0.4, 0.5) is 0 Å². The van der Waals surface area contributed by atoms with Gasteiger partial charge in [-0.25, -0.2) is 0 Å². The topological polar surface area (TPSA) is 97.0 Å². The van der Waals surface area contributed by atoms with E-state index in [-0.39, 0.29) is 19.0 Å². The van der Waals surface area contributed by atoms with Crippen molar-refractivity contribution in [1.82, 2.24) is 10.2 Å². The highest BCUT2D eigenvalue weighted by atomic mass is 16.2. The maximum Gasteiger partial charge on any atom is 0.311 e. The monoisotopic (exact) mass is 208 g/mol. The average molecular weight is 208 g/mol. The minimum Gasteiger partial charge on any atom is -0.336 e. The number of nitrogens with zero attached hydrogens (tertiary/aromatic N) is 3. The molecule has 1 atom stereocenters. The Hall–Kier alpha value is -2.08. The molecule has 0 aromatic carbocycles. The molecule has 0 bridgehead atoms. The molecule has 0 radical (unpaired) electrons. The highest BCUT2D eigenvalue weighted by Crippen LogP contribution is 1.96. The number of carbonyl (C=O) groups excluding carboxylic acids is 2. The fourth-order valence-corrected chi connectivity index (χ4v) is 0.903. The van der Waals surface area contributed by atoms with E-state index < -0.39 is 11.8 Å². The second kappa shape index (κ2) is 6.39. The van der Waals surface area contributed by atoms with Gasteiger partial charge in [0.1, 0.15) is 6.54 Å². The first kappa shape index (κ1) is 12.9. The summed E-state index contributed by atoms with van der Waals surface area (Å²) in [6.45, 7) is 1.64. The van der Waals surface area contributed by atoms with E-state index in [9.17, 15) is 9.59 Å². The highest BCUT2D eigenvalue weighted by molar-refractivity contribution is 6.34. The Morgan fingerprint density at radius 2 is 2.07 bits per heavy atom. The maximum absolute atomic E-state index is 11.3. The fraction of sp³-hybridized carbons (Fsp3) is 0.556. The van der Waals surface area contributed by atoms with Crippen LogP contribution in [0.1, 0.15) is 6.92 Å². The summed E-state index contributed by atoms with van der Waals surface area (Å²) in [4.78, 5) is 23.5. The fourth-order valence-electron chi connectivity index (χ4n) is 0.903. The normalized spacial score (nSPS) is 10.7. The number of nitriles is 2. The summed E-state index contributed by atoms with van der Waals surface area (Å²) >= 11 is 0. The molecule has 0 aliphatic carbocycles. The van der Waals surface area contributed by atoms with E-state index in [2.05, 4.69) is 5.32 Å². The van der Waals surface area contributed by atoms with Gasteiger partial charge in [-0.1, -0.05) is 0 Å². The molecule has 0 rings (SSSR count). The molecule has 0 heterocycles. The minimum absolute atomic E-state index is 0.190. The van der Waals surface area contributed by atoms with Crippen molar-refractivity contribution >= 4 is 11.8 Å². The number of hydrogen-bond acceptors (Lipinski definition) is 4. The number of hydrogen-bond donors (Lipinski definition) is 1. The molecule has 15 heavy (non-hydrogen) atoms. The average Bonchev–Trinajstić information content (AvgIpc) is 2.24. The molecule has 0 aliphatic heterocycles. The molecule has 1 N–H and O–H groups in total. The van der Waals surface area contributed by atoms with Crippen LogP contribution in [0.5, 0.6) is 0 Å².